The summed E-state index contributed by atoms with van der Waals surface area (Å²) < 4.78 is 0. The molecule has 7 nitrogen and oxygen atoms in total. The molecular formula is C10H24N2O5. The van der Waals surface area contributed by atoms with Gasteiger partial charge >= 0.3 is 11.9 Å². The molecule has 104 valence electrons. The summed E-state index contributed by atoms with van der Waals surface area (Å²) in [5, 5.41) is 24.1. The zero-order chi connectivity index (χ0) is 14.3. The van der Waals surface area contributed by atoms with Gasteiger partial charge in [-0.15, -0.1) is 0 Å². The van der Waals surface area contributed by atoms with Crippen molar-refractivity contribution in [2.24, 2.45) is 11.5 Å². The number of nitrogens with two attached hydrogens (primary N) is 2. The number of aliphatic carboxylic acids is 2. The summed E-state index contributed by atoms with van der Waals surface area (Å²) >= 11 is 0. The highest BCUT2D eigenvalue weighted by molar-refractivity contribution is 5.79. The van der Waals surface area contributed by atoms with Crippen molar-refractivity contribution in [1.82, 2.24) is 0 Å². The van der Waals surface area contributed by atoms with Crippen molar-refractivity contribution in [2.75, 3.05) is 13.1 Å². The molecule has 0 aromatic rings. The maximum atomic E-state index is 9.72. The van der Waals surface area contributed by atoms with E-state index in [0.717, 1.165) is 25.9 Å². The van der Waals surface area contributed by atoms with E-state index in [2.05, 4.69) is 13.8 Å². The zero-order valence-electron chi connectivity index (χ0n) is 10.4. The van der Waals surface area contributed by atoms with Gasteiger partial charge in [-0.05, 0) is 25.9 Å². The van der Waals surface area contributed by atoms with Crippen LogP contribution in [0.1, 0.15) is 33.1 Å². The molecule has 0 heterocycles. The summed E-state index contributed by atoms with van der Waals surface area (Å²) in [6.45, 7) is 5.75. The van der Waals surface area contributed by atoms with Crippen LogP contribution in [-0.4, -0.2) is 46.5 Å². The maximum absolute atomic E-state index is 9.72. The second kappa shape index (κ2) is 17.2. The summed E-state index contributed by atoms with van der Waals surface area (Å²) in [7, 11) is 0. The number of carboxylic acids is 2. The van der Waals surface area contributed by atoms with Gasteiger partial charge in [-0.1, -0.05) is 13.8 Å². The molecule has 0 radical (unpaired) electrons. The Labute approximate surface area is 101 Å². The number of carboxylic acid groups (broad SMARTS) is 2. The molecule has 0 aliphatic rings. The molecule has 7 N–H and O–H groups in total. The highest BCUT2D eigenvalue weighted by Crippen LogP contribution is 1.89. The number of hydrogen-bond donors (Lipinski definition) is 5. The van der Waals surface area contributed by atoms with Gasteiger partial charge in [0, 0.05) is 0 Å². The first-order chi connectivity index (χ1) is 7.87. The Morgan fingerprint density at radius 2 is 1.35 bits per heavy atom. The molecule has 7 heteroatoms. The minimum Gasteiger partial charge on any atom is -0.481 e. The van der Waals surface area contributed by atoms with E-state index in [1.54, 1.807) is 0 Å². The van der Waals surface area contributed by atoms with Gasteiger partial charge in [0.1, 0.15) is 0 Å². The van der Waals surface area contributed by atoms with Crippen molar-refractivity contribution >= 4 is 11.9 Å². The normalized spacial score (nSPS) is 10.2. The van der Waals surface area contributed by atoms with Crippen molar-refractivity contribution in [1.29, 1.82) is 0 Å². The predicted octanol–water partition coefficient (Wildman–Crippen LogP) is -0.383. The first kappa shape index (κ1) is 21.1. The van der Waals surface area contributed by atoms with Gasteiger partial charge < -0.3 is 26.8 Å². The fraction of sp³-hybridized carbons (Fsp3) is 0.800. The van der Waals surface area contributed by atoms with Crippen LogP contribution in [0.5, 0.6) is 0 Å². The summed E-state index contributed by atoms with van der Waals surface area (Å²) in [6.07, 6.45) is -0.350. The Hall–Kier alpha value is -1.18. The molecule has 0 aliphatic carbocycles. The highest BCUT2D eigenvalue weighted by atomic mass is 16.4. The Bertz CT molecular complexity index is 180. The average Bonchev–Trinajstić information content (AvgIpc) is 2.28. The van der Waals surface area contributed by atoms with E-state index in [4.69, 9.17) is 26.8 Å². The minimum atomic E-state index is -1.79. The SMILES string of the molecule is CCCN.CCCN.O=C(O)CC(O)C(=O)O. The molecule has 0 aliphatic heterocycles. The lowest BCUT2D eigenvalue weighted by molar-refractivity contribution is -0.152. The summed E-state index contributed by atoms with van der Waals surface area (Å²) in [5.74, 6) is -2.85. The Morgan fingerprint density at radius 3 is 1.41 bits per heavy atom. The van der Waals surface area contributed by atoms with Crippen LogP contribution in [-0.2, 0) is 9.59 Å². The molecule has 0 saturated carbocycles. The largest absolute Gasteiger partial charge is 0.481 e. The van der Waals surface area contributed by atoms with Crippen LogP contribution >= 0.6 is 0 Å². The predicted molar refractivity (Wildman–Crippen MR) is 64.6 cm³/mol. The molecule has 0 spiro atoms. The van der Waals surface area contributed by atoms with E-state index in [-0.39, 0.29) is 0 Å². The van der Waals surface area contributed by atoms with Gasteiger partial charge in [0.05, 0.1) is 6.42 Å². The van der Waals surface area contributed by atoms with E-state index in [9.17, 15) is 9.59 Å². The Morgan fingerprint density at radius 1 is 1.06 bits per heavy atom. The summed E-state index contributed by atoms with van der Waals surface area (Å²) in [4.78, 5) is 19.4. The minimum absolute atomic E-state index is 0.755. The van der Waals surface area contributed by atoms with E-state index >= 15 is 0 Å². The fourth-order valence-corrected chi connectivity index (χ4v) is 0.253. The smallest absolute Gasteiger partial charge is 0.333 e. The van der Waals surface area contributed by atoms with Gasteiger partial charge in [-0.3, -0.25) is 4.79 Å². The number of aliphatic hydroxyl groups excluding tert-OH is 1. The van der Waals surface area contributed by atoms with Crippen LogP contribution in [0, 0.1) is 0 Å². The van der Waals surface area contributed by atoms with Gasteiger partial charge in [-0.2, -0.15) is 0 Å². The van der Waals surface area contributed by atoms with E-state index in [1.165, 1.54) is 0 Å². The average molecular weight is 252 g/mol. The van der Waals surface area contributed by atoms with E-state index in [0.29, 0.717) is 0 Å². The first-order valence-electron chi connectivity index (χ1n) is 5.39. The topological polar surface area (TPSA) is 147 Å². The molecule has 17 heavy (non-hydrogen) atoms. The Balaban J connectivity index is -0.000000205. The number of carbonyl (C=O) groups is 2. The van der Waals surface area contributed by atoms with E-state index in [1.807, 2.05) is 0 Å². The molecule has 0 bridgehead atoms. The third kappa shape index (κ3) is 31.3. The van der Waals surface area contributed by atoms with Crippen LogP contribution in [0.4, 0.5) is 0 Å². The van der Waals surface area contributed by atoms with E-state index < -0.39 is 24.5 Å². The molecule has 0 aromatic heterocycles. The summed E-state index contributed by atoms with van der Waals surface area (Å²) in [6, 6.07) is 0. The van der Waals surface area contributed by atoms with Crippen molar-refractivity contribution in [3.05, 3.63) is 0 Å². The van der Waals surface area contributed by atoms with Gasteiger partial charge in [-0.25, -0.2) is 4.79 Å². The number of rotatable bonds is 5. The zero-order valence-corrected chi connectivity index (χ0v) is 10.4. The van der Waals surface area contributed by atoms with Crippen LogP contribution in [0.2, 0.25) is 0 Å². The van der Waals surface area contributed by atoms with Gasteiger partial charge in [0.2, 0.25) is 0 Å². The molecule has 1 atom stereocenters. The van der Waals surface area contributed by atoms with Gasteiger partial charge in [0.15, 0.2) is 6.10 Å². The molecule has 0 rings (SSSR count). The lowest BCUT2D eigenvalue weighted by Crippen LogP contribution is -2.22. The lowest BCUT2D eigenvalue weighted by atomic mass is 10.3. The molecule has 0 saturated heterocycles. The van der Waals surface area contributed by atoms with Crippen LogP contribution in [0.3, 0.4) is 0 Å². The fourth-order valence-electron chi connectivity index (χ4n) is 0.253. The van der Waals surface area contributed by atoms with Crippen LogP contribution < -0.4 is 11.5 Å². The lowest BCUT2D eigenvalue weighted by Gasteiger charge is -1.97. The molecule has 0 aromatic carbocycles. The van der Waals surface area contributed by atoms with Crippen molar-refractivity contribution < 1.29 is 24.9 Å². The number of aliphatic hydroxyl groups is 1. The molecule has 1 unspecified atom stereocenters. The maximum Gasteiger partial charge on any atom is 0.333 e. The third-order valence-corrected chi connectivity index (χ3v) is 1.23. The molecule has 0 fully saturated rings. The second-order valence-corrected chi connectivity index (χ2v) is 3.03. The standard InChI is InChI=1S/C4H6O5.2C3H9N/c5-2(4(8)9)1-3(6)7;2*1-2-3-4/h2,5H,1H2,(H,6,7)(H,8,9);2*2-4H2,1H3. The molecule has 0 amide bonds. The van der Waals surface area contributed by atoms with Crippen molar-refractivity contribution in [3.8, 4) is 0 Å². The number of hydrogen-bond acceptors (Lipinski definition) is 5. The van der Waals surface area contributed by atoms with Crippen LogP contribution in [0.15, 0.2) is 0 Å². The van der Waals surface area contributed by atoms with Crippen molar-refractivity contribution in [3.63, 3.8) is 0 Å². The quantitative estimate of drug-likeness (QED) is 0.448. The van der Waals surface area contributed by atoms with Crippen molar-refractivity contribution in [2.45, 2.75) is 39.2 Å². The molecular weight excluding hydrogens is 228 g/mol. The van der Waals surface area contributed by atoms with Gasteiger partial charge in [0.25, 0.3) is 0 Å². The Kier molecular flexibility index (Phi) is 21.4. The first-order valence-corrected chi connectivity index (χ1v) is 5.39. The third-order valence-electron chi connectivity index (χ3n) is 1.23. The second-order valence-electron chi connectivity index (χ2n) is 3.03. The highest BCUT2D eigenvalue weighted by Gasteiger charge is 2.16. The monoisotopic (exact) mass is 252 g/mol. The van der Waals surface area contributed by atoms with Crippen LogP contribution in [0.25, 0.3) is 0 Å². The summed E-state index contributed by atoms with van der Waals surface area (Å²) in [5.41, 5.74) is 10.1.